The van der Waals surface area contributed by atoms with Crippen molar-refractivity contribution in [1.29, 1.82) is 0 Å². The highest BCUT2D eigenvalue weighted by atomic mass is 16.4. The first-order valence-electron chi connectivity index (χ1n) is 5.97. The molecule has 0 amide bonds. The van der Waals surface area contributed by atoms with Crippen molar-refractivity contribution < 1.29 is 9.90 Å². The minimum Gasteiger partial charge on any atom is -0.478 e. The Morgan fingerprint density at radius 3 is 2.47 bits per heavy atom. The van der Waals surface area contributed by atoms with Crippen molar-refractivity contribution in [3.63, 3.8) is 0 Å². The first kappa shape index (κ1) is 13.5. The van der Waals surface area contributed by atoms with Gasteiger partial charge in [0.05, 0.1) is 11.4 Å². The van der Waals surface area contributed by atoms with Crippen molar-refractivity contribution in [3.8, 4) is 0 Å². The van der Waals surface area contributed by atoms with Crippen LogP contribution in [0.25, 0.3) is 0 Å². The molecule has 1 rings (SSSR count). The molecule has 0 saturated heterocycles. The highest BCUT2D eigenvalue weighted by molar-refractivity contribution is 5.95. The van der Waals surface area contributed by atoms with Gasteiger partial charge in [-0.2, -0.15) is 0 Å². The van der Waals surface area contributed by atoms with E-state index in [0.717, 1.165) is 18.5 Å². The molecule has 0 atom stereocenters. The van der Waals surface area contributed by atoms with E-state index >= 15 is 0 Å². The standard InChI is InChI=1S/C13H20N2O2/c1-5-10(6-2)15-11-7-8(3)14-9(4)12(11)13(16)17/h7,10H,5-6H2,1-4H3,(H,14,15)(H,16,17). The second kappa shape index (κ2) is 5.66. The predicted molar refractivity (Wildman–Crippen MR) is 68.7 cm³/mol. The van der Waals surface area contributed by atoms with Gasteiger partial charge in [0.1, 0.15) is 5.56 Å². The maximum Gasteiger partial charge on any atom is 0.339 e. The van der Waals surface area contributed by atoms with Crippen LogP contribution < -0.4 is 5.32 Å². The Bertz CT molecular complexity index is 412. The molecular formula is C13H20N2O2. The van der Waals surface area contributed by atoms with Gasteiger partial charge in [-0.3, -0.25) is 4.98 Å². The maximum atomic E-state index is 11.2. The summed E-state index contributed by atoms with van der Waals surface area (Å²) in [6.45, 7) is 7.77. The summed E-state index contributed by atoms with van der Waals surface area (Å²) in [6, 6.07) is 2.10. The van der Waals surface area contributed by atoms with Gasteiger partial charge in [-0.25, -0.2) is 4.79 Å². The Balaban J connectivity index is 3.16. The second-order valence-electron chi connectivity index (χ2n) is 4.23. The summed E-state index contributed by atoms with van der Waals surface area (Å²) in [5, 5.41) is 12.5. The molecule has 0 radical (unpaired) electrons. The number of aromatic carboxylic acids is 1. The molecule has 0 saturated carbocycles. The highest BCUT2D eigenvalue weighted by Gasteiger charge is 2.16. The molecule has 1 aromatic heterocycles. The van der Waals surface area contributed by atoms with Gasteiger partial charge in [0.15, 0.2) is 0 Å². The molecule has 94 valence electrons. The first-order valence-corrected chi connectivity index (χ1v) is 5.97. The first-order chi connectivity index (χ1) is 7.99. The van der Waals surface area contributed by atoms with Crippen molar-refractivity contribution in [2.24, 2.45) is 0 Å². The van der Waals surface area contributed by atoms with Crippen molar-refractivity contribution in [1.82, 2.24) is 4.98 Å². The molecule has 0 aliphatic rings. The van der Waals surface area contributed by atoms with E-state index in [0.29, 0.717) is 17.4 Å². The number of anilines is 1. The molecule has 0 bridgehead atoms. The van der Waals surface area contributed by atoms with Crippen molar-refractivity contribution >= 4 is 11.7 Å². The average Bonchev–Trinajstić information content (AvgIpc) is 2.24. The number of carbonyl (C=O) groups is 1. The fourth-order valence-corrected chi connectivity index (χ4v) is 1.93. The molecule has 2 N–H and O–H groups in total. The van der Waals surface area contributed by atoms with Crippen molar-refractivity contribution in [3.05, 3.63) is 23.0 Å². The Kier molecular flexibility index (Phi) is 4.49. The summed E-state index contributed by atoms with van der Waals surface area (Å²) < 4.78 is 0. The molecule has 0 aliphatic heterocycles. The van der Waals surface area contributed by atoms with E-state index in [1.54, 1.807) is 13.0 Å². The molecule has 17 heavy (non-hydrogen) atoms. The maximum absolute atomic E-state index is 11.2. The minimum absolute atomic E-state index is 0.280. The number of hydrogen-bond acceptors (Lipinski definition) is 3. The summed E-state index contributed by atoms with van der Waals surface area (Å²) >= 11 is 0. The summed E-state index contributed by atoms with van der Waals surface area (Å²) in [5.41, 5.74) is 2.35. The van der Waals surface area contributed by atoms with Gasteiger partial charge in [-0.1, -0.05) is 13.8 Å². The lowest BCUT2D eigenvalue weighted by molar-refractivity contribution is 0.0696. The Hall–Kier alpha value is -1.58. The zero-order valence-corrected chi connectivity index (χ0v) is 10.9. The molecule has 0 fully saturated rings. The molecule has 1 heterocycles. The van der Waals surface area contributed by atoms with Gasteiger partial charge >= 0.3 is 5.97 Å². The fraction of sp³-hybridized carbons (Fsp3) is 0.538. The van der Waals surface area contributed by atoms with E-state index in [2.05, 4.69) is 24.1 Å². The zero-order valence-electron chi connectivity index (χ0n) is 10.9. The number of carboxylic acid groups (broad SMARTS) is 1. The molecule has 4 heteroatoms. The average molecular weight is 236 g/mol. The van der Waals surface area contributed by atoms with Crippen molar-refractivity contribution in [2.75, 3.05) is 5.32 Å². The quantitative estimate of drug-likeness (QED) is 0.825. The van der Waals surface area contributed by atoms with Crippen LogP contribution in [0.15, 0.2) is 6.07 Å². The van der Waals surface area contributed by atoms with Crippen LogP contribution in [-0.4, -0.2) is 22.1 Å². The largest absolute Gasteiger partial charge is 0.478 e. The molecule has 4 nitrogen and oxygen atoms in total. The number of carboxylic acids is 1. The van der Waals surface area contributed by atoms with Gasteiger partial charge in [0.2, 0.25) is 0 Å². The van der Waals surface area contributed by atoms with Gasteiger partial charge in [-0.05, 0) is 32.8 Å². The Morgan fingerprint density at radius 1 is 1.41 bits per heavy atom. The van der Waals surface area contributed by atoms with E-state index < -0.39 is 5.97 Å². The SMILES string of the molecule is CCC(CC)Nc1cc(C)nc(C)c1C(=O)O. The van der Waals surface area contributed by atoms with Gasteiger partial charge in [0.25, 0.3) is 0 Å². The third kappa shape index (κ3) is 3.19. The Labute approximate surface area is 102 Å². The normalized spacial score (nSPS) is 10.6. The van der Waals surface area contributed by atoms with Crippen LogP contribution in [0.3, 0.4) is 0 Å². The molecule has 0 aliphatic carbocycles. The summed E-state index contributed by atoms with van der Waals surface area (Å²) in [6.07, 6.45) is 1.94. The zero-order chi connectivity index (χ0) is 13.0. The number of aromatic nitrogens is 1. The molecule has 0 unspecified atom stereocenters. The lowest BCUT2D eigenvalue weighted by Crippen LogP contribution is -2.20. The summed E-state index contributed by atoms with van der Waals surface area (Å²) in [7, 11) is 0. The molecule has 0 spiro atoms. The lowest BCUT2D eigenvalue weighted by atomic mass is 10.1. The monoisotopic (exact) mass is 236 g/mol. The number of rotatable bonds is 5. The molecular weight excluding hydrogens is 216 g/mol. The fourth-order valence-electron chi connectivity index (χ4n) is 1.93. The van der Waals surface area contributed by atoms with Crippen LogP contribution in [0.2, 0.25) is 0 Å². The summed E-state index contributed by atoms with van der Waals surface area (Å²) in [5.74, 6) is -0.927. The van der Waals surface area contributed by atoms with E-state index in [1.807, 2.05) is 6.92 Å². The molecule has 1 aromatic rings. The van der Waals surface area contributed by atoms with E-state index in [9.17, 15) is 9.90 Å². The topological polar surface area (TPSA) is 62.2 Å². The number of hydrogen-bond donors (Lipinski definition) is 2. The number of aryl methyl sites for hydroxylation is 2. The number of pyridine rings is 1. The third-order valence-electron chi connectivity index (χ3n) is 2.89. The number of nitrogens with zero attached hydrogens (tertiary/aromatic N) is 1. The lowest BCUT2D eigenvalue weighted by Gasteiger charge is -2.19. The minimum atomic E-state index is -0.927. The predicted octanol–water partition coefficient (Wildman–Crippen LogP) is 3.00. The van der Waals surface area contributed by atoms with Gasteiger partial charge < -0.3 is 10.4 Å². The van der Waals surface area contributed by atoms with Crippen LogP contribution in [0, 0.1) is 13.8 Å². The third-order valence-corrected chi connectivity index (χ3v) is 2.89. The van der Waals surface area contributed by atoms with Crippen LogP contribution in [0.1, 0.15) is 48.4 Å². The van der Waals surface area contributed by atoms with Gasteiger partial charge in [0, 0.05) is 11.7 Å². The van der Waals surface area contributed by atoms with Gasteiger partial charge in [-0.15, -0.1) is 0 Å². The van der Waals surface area contributed by atoms with E-state index in [4.69, 9.17) is 0 Å². The highest BCUT2D eigenvalue weighted by Crippen LogP contribution is 2.21. The van der Waals surface area contributed by atoms with E-state index in [-0.39, 0.29) is 5.56 Å². The van der Waals surface area contributed by atoms with E-state index in [1.165, 1.54) is 0 Å². The number of nitrogens with one attached hydrogen (secondary N) is 1. The van der Waals surface area contributed by atoms with Crippen LogP contribution in [-0.2, 0) is 0 Å². The van der Waals surface area contributed by atoms with Crippen LogP contribution in [0.5, 0.6) is 0 Å². The molecule has 0 aromatic carbocycles. The smallest absolute Gasteiger partial charge is 0.339 e. The van der Waals surface area contributed by atoms with Crippen LogP contribution >= 0.6 is 0 Å². The Morgan fingerprint density at radius 2 is 2.00 bits per heavy atom. The van der Waals surface area contributed by atoms with Crippen molar-refractivity contribution in [2.45, 2.75) is 46.6 Å². The van der Waals surface area contributed by atoms with Crippen LogP contribution in [0.4, 0.5) is 5.69 Å². The summed E-state index contributed by atoms with van der Waals surface area (Å²) in [4.78, 5) is 15.4. The second-order valence-corrected chi connectivity index (χ2v) is 4.23.